The maximum atomic E-state index is 13.4. The molecule has 3 aromatic rings. The van der Waals surface area contributed by atoms with E-state index in [2.05, 4.69) is 16.0 Å². The van der Waals surface area contributed by atoms with Crippen LogP contribution in [-0.2, 0) is 12.0 Å². The molecule has 4 aliphatic carbocycles. The third-order valence-electron chi connectivity index (χ3n) is 7.21. The molecular weight excluding hydrogens is 408 g/mol. The van der Waals surface area contributed by atoms with Crippen LogP contribution >= 0.6 is 0 Å². The Bertz CT molecular complexity index is 1350. The Hall–Kier alpha value is -3.42. The van der Waals surface area contributed by atoms with Gasteiger partial charge < -0.3 is 14.8 Å². The van der Waals surface area contributed by atoms with Gasteiger partial charge in [-0.3, -0.25) is 9.36 Å². The molecule has 2 saturated carbocycles. The fourth-order valence-corrected chi connectivity index (χ4v) is 6.02. The van der Waals surface area contributed by atoms with Crippen LogP contribution < -0.4 is 10.3 Å². The largest absolute Gasteiger partial charge is 0.478 e. The van der Waals surface area contributed by atoms with E-state index in [4.69, 9.17) is 9.72 Å². The summed E-state index contributed by atoms with van der Waals surface area (Å²) >= 11 is 0. The monoisotopic (exact) mass is 432 g/mol. The summed E-state index contributed by atoms with van der Waals surface area (Å²) < 4.78 is 7.40. The average molecular weight is 432 g/mol. The molecule has 4 aliphatic rings. The number of carboxylic acid groups (broad SMARTS) is 1. The van der Waals surface area contributed by atoms with Gasteiger partial charge in [-0.05, 0) is 62.1 Å². The number of aromatic amines is 1. The van der Waals surface area contributed by atoms with E-state index in [9.17, 15) is 14.7 Å². The highest BCUT2D eigenvalue weighted by molar-refractivity contribution is 5.88. The van der Waals surface area contributed by atoms with Crippen molar-refractivity contribution >= 4 is 17.1 Å². The minimum absolute atomic E-state index is 0.0762. The van der Waals surface area contributed by atoms with Gasteiger partial charge in [0, 0.05) is 6.54 Å². The van der Waals surface area contributed by atoms with Crippen LogP contribution in [0.4, 0.5) is 0 Å². The molecule has 8 nitrogen and oxygen atoms in total. The van der Waals surface area contributed by atoms with E-state index in [-0.39, 0.29) is 22.5 Å². The molecule has 1 aromatic carbocycles. The van der Waals surface area contributed by atoms with Gasteiger partial charge in [-0.15, -0.1) is 0 Å². The number of ether oxygens (including phenoxy) is 1. The van der Waals surface area contributed by atoms with Crippen LogP contribution in [0.3, 0.4) is 0 Å². The molecule has 2 heterocycles. The molecule has 7 rings (SSSR count). The van der Waals surface area contributed by atoms with Crippen molar-refractivity contribution in [2.24, 2.45) is 11.8 Å². The summed E-state index contributed by atoms with van der Waals surface area (Å²) in [6, 6.07) is 6.28. The number of nitrogens with zero attached hydrogens (tertiary/aromatic N) is 3. The van der Waals surface area contributed by atoms with Crippen LogP contribution in [0.15, 0.2) is 40.7 Å². The van der Waals surface area contributed by atoms with Gasteiger partial charge in [0.1, 0.15) is 11.6 Å². The molecule has 4 bridgehead atoms. The Morgan fingerprint density at radius 3 is 3.00 bits per heavy atom. The number of aromatic nitrogens is 4. The van der Waals surface area contributed by atoms with Crippen molar-refractivity contribution in [2.45, 2.75) is 51.0 Å². The summed E-state index contributed by atoms with van der Waals surface area (Å²) in [7, 11) is 0. The second kappa shape index (κ2) is 6.79. The third kappa shape index (κ3) is 2.75. The first-order chi connectivity index (χ1) is 15.5. The summed E-state index contributed by atoms with van der Waals surface area (Å²) in [5.41, 5.74) is 2.03. The zero-order valence-corrected chi connectivity index (χ0v) is 17.8. The molecular formula is C24H24N4O4. The number of H-pyrrole nitrogens is 1. The number of aromatic carboxylic acids is 1. The normalized spacial score (nSPS) is 25.5. The highest BCUT2D eigenvalue weighted by Crippen LogP contribution is 2.62. The quantitative estimate of drug-likeness (QED) is 0.570. The number of carbonyl (C=O) groups is 1. The summed E-state index contributed by atoms with van der Waals surface area (Å²) in [5.74, 6) is 1.45. The smallest absolute Gasteiger partial charge is 0.335 e. The number of nitrogens with one attached hydrogen (secondary N) is 1. The van der Waals surface area contributed by atoms with Crippen molar-refractivity contribution in [3.63, 3.8) is 0 Å². The lowest BCUT2D eigenvalue weighted by Gasteiger charge is -2.30. The lowest BCUT2D eigenvalue weighted by Crippen LogP contribution is -2.28. The van der Waals surface area contributed by atoms with Crippen LogP contribution in [0.2, 0.25) is 0 Å². The molecule has 2 aromatic heterocycles. The zero-order valence-electron chi connectivity index (χ0n) is 17.8. The van der Waals surface area contributed by atoms with E-state index < -0.39 is 5.97 Å². The van der Waals surface area contributed by atoms with Gasteiger partial charge in [-0.2, -0.15) is 4.98 Å². The van der Waals surface area contributed by atoms with Crippen LogP contribution in [0.25, 0.3) is 11.2 Å². The number of fused-ring (bicyclic) bond motifs is 1. The lowest BCUT2D eigenvalue weighted by atomic mass is 9.74. The average Bonchev–Trinajstić information content (AvgIpc) is 3.38. The molecule has 2 fully saturated rings. The molecule has 0 spiro atoms. The number of rotatable bonds is 6. The van der Waals surface area contributed by atoms with Gasteiger partial charge in [0.2, 0.25) is 0 Å². The first-order valence-electron chi connectivity index (χ1n) is 11.2. The van der Waals surface area contributed by atoms with Gasteiger partial charge in [0.05, 0.1) is 11.0 Å². The Labute approximate surface area is 184 Å². The molecule has 2 N–H and O–H groups in total. The number of hydrogen-bond donors (Lipinski definition) is 2. The van der Waals surface area contributed by atoms with Gasteiger partial charge in [-0.1, -0.05) is 24.6 Å². The second-order valence-electron chi connectivity index (χ2n) is 9.32. The van der Waals surface area contributed by atoms with Gasteiger partial charge in [0.25, 0.3) is 5.56 Å². The maximum Gasteiger partial charge on any atom is 0.335 e. The van der Waals surface area contributed by atoms with E-state index in [1.807, 2.05) is 6.92 Å². The number of carboxylic acids is 1. The number of hydrogen-bond acceptors (Lipinski definition) is 5. The minimum Gasteiger partial charge on any atom is -0.478 e. The van der Waals surface area contributed by atoms with Gasteiger partial charge in [-0.25, -0.2) is 9.78 Å². The molecule has 0 aliphatic heterocycles. The Kier molecular flexibility index (Phi) is 4.09. The van der Waals surface area contributed by atoms with Crippen LogP contribution in [0.1, 0.15) is 55.2 Å². The molecule has 0 saturated heterocycles. The molecule has 0 amide bonds. The van der Waals surface area contributed by atoms with Crippen molar-refractivity contribution < 1.29 is 14.6 Å². The van der Waals surface area contributed by atoms with E-state index in [0.717, 1.165) is 31.5 Å². The van der Waals surface area contributed by atoms with E-state index in [1.165, 1.54) is 28.7 Å². The first-order valence-corrected chi connectivity index (χ1v) is 11.2. The van der Waals surface area contributed by atoms with E-state index in [1.54, 1.807) is 12.1 Å². The predicted octanol–water partition coefficient (Wildman–Crippen LogP) is 4.02. The standard InChI is InChI=1S/C24H24N4O4/c1-2-6-28-20(29)18-19(27-23(28)32-17-5-3-4-15(10-17)21(30)31)26-22(25-18)24-11-13-7-14(12-24)9-16(24)8-13/h3-5,8,10,13-14H,2,6-7,9,11-12H2,1H3,(H,25,26)(H,30,31). The van der Waals surface area contributed by atoms with Crippen LogP contribution in [-0.4, -0.2) is 30.6 Å². The topological polar surface area (TPSA) is 110 Å². The van der Waals surface area contributed by atoms with Gasteiger partial charge >= 0.3 is 12.0 Å². The Morgan fingerprint density at radius 2 is 2.22 bits per heavy atom. The van der Waals surface area contributed by atoms with E-state index >= 15 is 0 Å². The highest BCUT2D eigenvalue weighted by Gasteiger charge is 2.55. The zero-order chi connectivity index (χ0) is 22.0. The number of allylic oxidation sites excluding steroid dienone is 2. The second-order valence-corrected chi connectivity index (χ2v) is 9.32. The lowest BCUT2D eigenvalue weighted by molar-refractivity contribution is 0.0696. The summed E-state index contributed by atoms with van der Waals surface area (Å²) in [5, 5.41) is 9.26. The summed E-state index contributed by atoms with van der Waals surface area (Å²) in [6.45, 7) is 2.41. The summed E-state index contributed by atoms with van der Waals surface area (Å²) in [4.78, 5) is 37.4. The van der Waals surface area contributed by atoms with E-state index in [0.29, 0.717) is 35.3 Å². The predicted molar refractivity (Wildman–Crippen MR) is 117 cm³/mol. The molecule has 164 valence electrons. The van der Waals surface area contributed by atoms with Crippen molar-refractivity contribution in [3.8, 4) is 11.8 Å². The van der Waals surface area contributed by atoms with Crippen molar-refractivity contribution in [1.29, 1.82) is 0 Å². The van der Waals surface area contributed by atoms with Crippen molar-refractivity contribution in [1.82, 2.24) is 19.5 Å². The molecule has 0 radical (unpaired) electrons. The molecule has 3 unspecified atom stereocenters. The minimum atomic E-state index is -1.05. The van der Waals surface area contributed by atoms with Crippen molar-refractivity contribution in [2.75, 3.05) is 0 Å². The molecule has 3 atom stereocenters. The fraction of sp³-hybridized carbons (Fsp3) is 0.417. The Balaban J connectivity index is 1.45. The number of benzene rings is 1. The molecule has 8 heteroatoms. The summed E-state index contributed by atoms with van der Waals surface area (Å²) in [6.07, 6.45) is 7.69. The van der Waals surface area contributed by atoms with Crippen molar-refractivity contribution in [3.05, 3.63) is 57.7 Å². The number of imidazole rings is 1. The molecule has 32 heavy (non-hydrogen) atoms. The van der Waals surface area contributed by atoms with Gasteiger partial charge in [0.15, 0.2) is 11.2 Å². The third-order valence-corrected chi connectivity index (χ3v) is 7.21. The fourth-order valence-electron chi connectivity index (χ4n) is 6.02. The Morgan fingerprint density at radius 1 is 1.34 bits per heavy atom. The highest BCUT2D eigenvalue weighted by atomic mass is 16.5. The van der Waals surface area contributed by atoms with Crippen LogP contribution in [0.5, 0.6) is 11.8 Å². The maximum absolute atomic E-state index is 13.4. The first kappa shape index (κ1) is 19.3. The van der Waals surface area contributed by atoms with Crippen LogP contribution in [0, 0.1) is 11.8 Å². The SMILES string of the molecule is CCCn1c(Oc2cccc(C(=O)O)c2)nc2nc(C34CC5C=C3CC(C5)C4)[nH]c2c1=O.